The Labute approximate surface area is 61.3 Å². The minimum atomic E-state index is -0.796. The van der Waals surface area contributed by atoms with Crippen molar-refractivity contribution in [2.75, 3.05) is 0 Å². The second kappa shape index (κ2) is 2.92. The molecule has 1 aromatic rings. The monoisotopic (exact) mass is 155 g/mol. The zero-order valence-corrected chi connectivity index (χ0v) is 6.20. The van der Waals surface area contributed by atoms with Gasteiger partial charge in [-0.25, -0.2) is 8.78 Å². The average Bonchev–Trinajstić information content (AvgIpc) is 1.95. The molecule has 0 amide bonds. The summed E-state index contributed by atoms with van der Waals surface area (Å²) >= 11 is 0. The summed E-state index contributed by atoms with van der Waals surface area (Å²) in [6.45, 7) is 0. The number of benzene rings is 1. The van der Waals surface area contributed by atoms with E-state index < -0.39 is 11.6 Å². The van der Waals surface area contributed by atoms with E-state index in [0.29, 0.717) is 11.6 Å². The maximum atomic E-state index is 12.6. The van der Waals surface area contributed by atoms with Crippen LogP contribution in [0.4, 0.5) is 8.78 Å². The summed E-state index contributed by atoms with van der Waals surface area (Å²) < 4.78 is 25.0. The minimum Gasteiger partial charge on any atom is -0.204 e. The molecule has 51 valence electrons. The fraction of sp³-hybridized carbons (Fsp3) is 0.143. The molecule has 0 bridgehead atoms. The van der Waals surface area contributed by atoms with Gasteiger partial charge in [-0.3, -0.25) is 0 Å². The van der Waals surface area contributed by atoms with E-state index in [9.17, 15) is 8.78 Å². The summed E-state index contributed by atoms with van der Waals surface area (Å²) in [5, 5.41) is 0. The number of hydrogen-bond donors (Lipinski definition) is 0. The third kappa shape index (κ3) is 1.24. The van der Waals surface area contributed by atoms with Crippen LogP contribution in [0.25, 0.3) is 0 Å². The van der Waals surface area contributed by atoms with Crippen LogP contribution in [-0.2, 0) is 6.04 Å². The molecule has 1 aromatic carbocycles. The second-order valence-corrected chi connectivity index (χ2v) is 2.24. The van der Waals surface area contributed by atoms with Crippen LogP contribution in [0.5, 0.6) is 0 Å². The highest BCUT2D eigenvalue weighted by molar-refractivity contribution is 6.08. The molecule has 0 aliphatic heterocycles. The topological polar surface area (TPSA) is 0 Å². The van der Waals surface area contributed by atoms with Crippen molar-refractivity contribution >= 4 is 10.2 Å². The fourth-order valence-corrected chi connectivity index (χ4v) is 0.958. The van der Waals surface area contributed by atoms with Gasteiger partial charge in [0.15, 0.2) is 11.6 Å². The Morgan fingerprint density at radius 1 is 1.30 bits per heavy atom. The number of hydrogen-bond acceptors (Lipinski definition) is 0. The molecule has 0 unspecified atom stereocenters. The predicted molar refractivity (Wildman–Crippen MR) is 35.8 cm³/mol. The van der Waals surface area contributed by atoms with Gasteiger partial charge in [0.05, 0.1) is 0 Å². The molecule has 0 atom stereocenters. The molecule has 0 heterocycles. The van der Waals surface area contributed by atoms with E-state index in [1.807, 2.05) is 0 Å². The van der Waals surface area contributed by atoms with Gasteiger partial charge < -0.3 is 0 Å². The van der Waals surface area contributed by atoms with Gasteiger partial charge in [-0.1, -0.05) is 12.1 Å². The van der Waals surface area contributed by atoms with Crippen molar-refractivity contribution in [1.82, 2.24) is 0 Å². The van der Waals surface area contributed by atoms with E-state index in [1.165, 1.54) is 12.1 Å². The summed E-state index contributed by atoms with van der Waals surface area (Å²) in [7, 11) is 3.08. The first-order valence-electron chi connectivity index (χ1n) is 2.83. The van der Waals surface area contributed by atoms with Gasteiger partial charge in [0, 0.05) is 10.2 Å². The first-order valence-corrected chi connectivity index (χ1v) is 3.54. The maximum Gasteiger partial charge on any atom is 0.161 e. The Kier molecular flexibility index (Phi) is 2.16. The van der Waals surface area contributed by atoms with Gasteiger partial charge in [0.2, 0.25) is 0 Å². The average molecular weight is 155 g/mol. The lowest BCUT2D eigenvalue weighted by Gasteiger charge is -1.97. The number of halogens is 2. The van der Waals surface area contributed by atoms with Crippen molar-refractivity contribution in [1.29, 1.82) is 0 Å². The van der Waals surface area contributed by atoms with Crippen LogP contribution >= 0.6 is 0 Å². The molecule has 0 aliphatic rings. The third-order valence-electron chi connectivity index (χ3n) is 1.22. The molecule has 0 aromatic heterocycles. The van der Waals surface area contributed by atoms with Crippen LogP contribution in [0.15, 0.2) is 18.2 Å². The maximum absolute atomic E-state index is 12.6. The second-order valence-electron chi connectivity index (χ2n) is 1.89. The van der Waals surface area contributed by atoms with Crippen molar-refractivity contribution in [3.8, 4) is 0 Å². The molecule has 0 N–H and O–H groups in total. The van der Waals surface area contributed by atoms with Crippen molar-refractivity contribution in [3.05, 3.63) is 35.4 Å². The summed E-state index contributed by atoms with van der Waals surface area (Å²) in [4.78, 5) is 0. The minimum absolute atomic E-state index is 0.337. The lowest BCUT2D eigenvalue weighted by molar-refractivity contribution is 0.502. The molecule has 3 heteroatoms. The zero-order valence-electron chi connectivity index (χ0n) is 5.20. The van der Waals surface area contributed by atoms with Gasteiger partial charge in [-0.15, -0.1) is 0 Å². The lowest BCUT2D eigenvalue weighted by Crippen LogP contribution is -1.92. The number of rotatable bonds is 1. The Hall–Kier alpha value is -0.703. The Balaban J connectivity index is 3.14. The molecule has 10 heavy (non-hydrogen) atoms. The zero-order chi connectivity index (χ0) is 7.56. The Morgan fingerprint density at radius 2 is 2.00 bits per heavy atom. The van der Waals surface area contributed by atoms with Gasteiger partial charge in [-0.2, -0.15) is 0 Å². The van der Waals surface area contributed by atoms with E-state index in [4.69, 9.17) is 0 Å². The SMILES string of the molecule is Fc1cccc(C[Si])c1F. The van der Waals surface area contributed by atoms with Crippen LogP contribution < -0.4 is 0 Å². The van der Waals surface area contributed by atoms with Crippen molar-refractivity contribution in [2.24, 2.45) is 0 Å². The quantitative estimate of drug-likeness (QED) is 0.541. The molecule has 0 fully saturated rings. The Bertz CT molecular complexity index is 235. The van der Waals surface area contributed by atoms with E-state index in [0.717, 1.165) is 6.07 Å². The van der Waals surface area contributed by atoms with E-state index >= 15 is 0 Å². The van der Waals surface area contributed by atoms with Crippen LogP contribution in [0.2, 0.25) is 0 Å². The molecular weight excluding hydrogens is 150 g/mol. The highest BCUT2D eigenvalue weighted by Crippen LogP contribution is 2.10. The van der Waals surface area contributed by atoms with Gasteiger partial charge in [-0.05, 0) is 17.7 Å². The van der Waals surface area contributed by atoms with E-state index in [-0.39, 0.29) is 0 Å². The standard InChI is InChI=1S/C7H5F2Si/c8-6-3-1-2-5(4-10)7(6)9/h1-3H,4H2. The van der Waals surface area contributed by atoms with Gasteiger partial charge >= 0.3 is 0 Å². The van der Waals surface area contributed by atoms with Gasteiger partial charge in [0.25, 0.3) is 0 Å². The molecule has 0 saturated heterocycles. The normalized spacial score (nSPS) is 9.90. The van der Waals surface area contributed by atoms with Crippen LogP contribution in [0, 0.1) is 11.6 Å². The summed E-state index contributed by atoms with van der Waals surface area (Å²) in [5.41, 5.74) is 0.344. The van der Waals surface area contributed by atoms with E-state index in [1.54, 1.807) is 0 Å². The third-order valence-corrected chi connectivity index (χ3v) is 1.60. The molecule has 0 nitrogen and oxygen atoms in total. The fourth-order valence-electron chi connectivity index (χ4n) is 0.685. The molecule has 3 radical (unpaired) electrons. The first-order chi connectivity index (χ1) is 4.75. The van der Waals surface area contributed by atoms with Crippen molar-refractivity contribution < 1.29 is 8.78 Å². The van der Waals surface area contributed by atoms with Gasteiger partial charge in [0.1, 0.15) is 0 Å². The molecule has 0 saturated carbocycles. The summed E-state index contributed by atoms with van der Waals surface area (Å²) in [6, 6.07) is 4.45. The highest BCUT2D eigenvalue weighted by atomic mass is 28.1. The molecule has 1 rings (SSSR count). The van der Waals surface area contributed by atoms with E-state index in [2.05, 4.69) is 10.2 Å². The molecular formula is C7H5F2Si. The smallest absolute Gasteiger partial charge is 0.161 e. The highest BCUT2D eigenvalue weighted by Gasteiger charge is 2.03. The molecule has 0 spiro atoms. The van der Waals surface area contributed by atoms with Crippen LogP contribution in [0.1, 0.15) is 5.56 Å². The lowest BCUT2D eigenvalue weighted by atomic mass is 10.2. The van der Waals surface area contributed by atoms with Crippen molar-refractivity contribution in [2.45, 2.75) is 6.04 Å². The summed E-state index contributed by atoms with van der Waals surface area (Å²) in [5.74, 6) is -1.56. The Morgan fingerprint density at radius 3 is 2.50 bits per heavy atom. The summed E-state index contributed by atoms with van der Waals surface area (Å²) in [6.07, 6.45) is 0. The van der Waals surface area contributed by atoms with Crippen molar-refractivity contribution in [3.63, 3.8) is 0 Å². The van der Waals surface area contributed by atoms with Crippen LogP contribution in [0.3, 0.4) is 0 Å². The largest absolute Gasteiger partial charge is 0.204 e. The molecule has 0 aliphatic carbocycles. The first kappa shape index (κ1) is 7.40. The predicted octanol–water partition coefficient (Wildman–Crippen LogP) is 1.63. The van der Waals surface area contributed by atoms with Crippen LogP contribution in [-0.4, -0.2) is 10.2 Å².